The summed E-state index contributed by atoms with van der Waals surface area (Å²) < 4.78 is 36.6. The van der Waals surface area contributed by atoms with Gasteiger partial charge in [0.2, 0.25) is 0 Å². The molecule has 100 valence electrons. The van der Waals surface area contributed by atoms with Gasteiger partial charge in [-0.15, -0.1) is 0 Å². The molecule has 1 aromatic rings. The van der Waals surface area contributed by atoms with Crippen LogP contribution in [0.1, 0.15) is 0 Å². The van der Waals surface area contributed by atoms with Gasteiger partial charge >= 0.3 is 0 Å². The fourth-order valence-electron chi connectivity index (χ4n) is 2.00. The second-order valence-corrected chi connectivity index (χ2v) is 7.61. The fraction of sp³-hybridized carbons (Fsp3) is 0.455. The van der Waals surface area contributed by atoms with Gasteiger partial charge in [-0.25, -0.2) is 12.8 Å². The van der Waals surface area contributed by atoms with E-state index in [0.717, 1.165) is 5.75 Å². The van der Waals surface area contributed by atoms with Gasteiger partial charge in [0, 0.05) is 24.3 Å². The van der Waals surface area contributed by atoms with Gasteiger partial charge in [0.25, 0.3) is 0 Å². The van der Waals surface area contributed by atoms with E-state index >= 15 is 0 Å². The highest BCUT2D eigenvalue weighted by Crippen LogP contribution is 2.31. The lowest BCUT2D eigenvalue weighted by Crippen LogP contribution is -2.47. The van der Waals surface area contributed by atoms with Crippen molar-refractivity contribution in [3.63, 3.8) is 0 Å². The summed E-state index contributed by atoms with van der Waals surface area (Å²) in [4.78, 5) is 1.75. The number of halogens is 1. The number of nitrogens with zero attached hydrogens (tertiary/aromatic N) is 1. The molecule has 1 heterocycles. The van der Waals surface area contributed by atoms with Crippen LogP contribution in [0.25, 0.3) is 0 Å². The molecule has 7 heteroatoms. The summed E-state index contributed by atoms with van der Waals surface area (Å²) in [6, 6.07) is 4.06. The molecule has 1 saturated heterocycles. The van der Waals surface area contributed by atoms with Crippen molar-refractivity contribution in [1.29, 1.82) is 0 Å². The van der Waals surface area contributed by atoms with Crippen molar-refractivity contribution >= 4 is 33.0 Å². The SMILES string of the molecule is CS(=O)(=O)C1CSCCN1c1ccc(F)cc1N. The van der Waals surface area contributed by atoms with Crippen LogP contribution < -0.4 is 10.6 Å². The highest BCUT2D eigenvalue weighted by atomic mass is 32.2. The molecule has 0 spiro atoms. The van der Waals surface area contributed by atoms with Crippen molar-refractivity contribution < 1.29 is 12.8 Å². The Morgan fingerprint density at radius 2 is 2.22 bits per heavy atom. The van der Waals surface area contributed by atoms with Gasteiger partial charge in [-0.2, -0.15) is 11.8 Å². The predicted molar refractivity (Wildman–Crippen MR) is 74.1 cm³/mol. The van der Waals surface area contributed by atoms with Crippen LogP contribution in [0.15, 0.2) is 18.2 Å². The Bertz CT molecular complexity index is 548. The highest BCUT2D eigenvalue weighted by molar-refractivity contribution is 8.01. The maximum Gasteiger partial charge on any atom is 0.169 e. The molecule has 0 aliphatic carbocycles. The summed E-state index contributed by atoms with van der Waals surface area (Å²) >= 11 is 1.60. The molecule has 0 aromatic heterocycles. The van der Waals surface area contributed by atoms with Gasteiger partial charge < -0.3 is 10.6 Å². The maximum absolute atomic E-state index is 13.0. The third-order valence-corrected chi connectivity index (χ3v) is 5.52. The van der Waals surface area contributed by atoms with E-state index in [4.69, 9.17) is 5.73 Å². The van der Waals surface area contributed by atoms with Gasteiger partial charge in [-0.1, -0.05) is 0 Å². The molecule has 1 aromatic carbocycles. The van der Waals surface area contributed by atoms with Crippen molar-refractivity contribution in [3.8, 4) is 0 Å². The van der Waals surface area contributed by atoms with Crippen LogP contribution >= 0.6 is 11.8 Å². The molecule has 0 radical (unpaired) electrons. The third kappa shape index (κ3) is 2.72. The van der Waals surface area contributed by atoms with Crippen molar-refractivity contribution in [2.75, 3.05) is 34.9 Å². The second-order valence-electron chi connectivity index (χ2n) is 4.26. The molecule has 1 unspecified atom stereocenters. The largest absolute Gasteiger partial charge is 0.397 e. The summed E-state index contributed by atoms with van der Waals surface area (Å²) in [5, 5.41) is -0.594. The van der Waals surface area contributed by atoms with E-state index in [-0.39, 0.29) is 5.69 Å². The van der Waals surface area contributed by atoms with Crippen molar-refractivity contribution in [3.05, 3.63) is 24.0 Å². The van der Waals surface area contributed by atoms with Gasteiger partial charge in [-0.3, -0.25) is 0 Å². The van der Waals surface area contributed by atoms with Gasteiger partial charge in [0.05, 0.1) is 11.4 Å². The van der Waals surface area contributed by atoms with Crippen LogP contribution in [-0.4, -0.2) is 38.1 Å². The molecule has 0 amide bonds. The van der Waals surface area contributed by atoms with Crippen LogP contribution in [0.4, 0.5) is 15.8 Å². The normalized spacial score (nSPS) is 21.0. The summed E-state index contributed by atoms with van der Waals surface area (Å²) in [6.07, 6.45) is 1.22. The molecule has 0 bridgehead atoms. The van der Waals surface area contributed by atoms with E-state index in [1.807, 2.05) is 0 Å². The molecule has 4 nitrogen and oxygen atoms in total. The predicted octanol–water partition coefficient (Wildman–Crippen LogP) is 1.33. The van der Waals surface area contributed by atoms with E-state index in [0.29, 0.717) is 18.0 Å². The lowest BCUT2D eigenvalue weighted by atomic mass is 10.2. The zero-order valence-corrected chi connectivity index (χ0v) is 11.6. The van der Waals surface area contributed by atoms with Crippen LogP contribution in [-0.2, 0) is 9.84 Å². The number of rotatable bonds is 2. The summed E-state index contributed by atoms with van der Waals surface area (Å²) in [7, 11) is -3.19. The lowest BCUT2D eigenvalue weighted by molar-refractivity contribution is 0.584. The first kappa shape index (κ1) is 13.5. The number of thioether (sulfide) groups is 1. The number of nitrogens with two attached hydrogens (primary N) is 1. The third-order valence-electron chi connectivity index (χ3n) is 2.88. The molecular formula is C11H15FN2O2S2. The standard InChI is InChI=1S/C11H15FN2O2S2/c1-18(15,16)11-7-17-5-4-14(11)10-3-2-8(12)6-9(10)13/h2-3,6,11H,4-5,7,13H2,1H3. The van der Waals surface area contributed by atoms with Crippen molar-refractivity contribution in [2.45, 2.75) is 5.37 Å². The fourth-order valence-corrected chi connectivity index (χ4v) is 4.83. The van der Waals surface area contributed by atoms with E-state index in [9.17, 15) is 12.8 Å². The minimum atomic E-state index is -3.19. The number of sulfone groups is 1. The van der Waals surface area contributed by atoms with Gasteiger partial charge in [0.15, 0.2) is 9.84 Å². The molecule has 2 rings (SSSR count). The molecule has 2 N–H and O–H groups in total. The smallest absolute Gasteiger partial charge is 0.169 e. The Balaban J connectivity index is 2.40. The molecule has 1 atom stereocenters. The Labute approximate surface area is 110 Å². The number of hydrogen-bond donors (Lipinski definition) is 1. The zero-order chi connectivity index (χ0) is 13.3. The van der Waals surface area contributed by atoms with Crippen LogP contribution in [0.3, 0.4) is 0 Å². The Hall–Kier alpha value is -0.950. The molecular weight excluding hydrogens is 275 g/mol. The number of hydrogen-bond acceptors (Lipinski definition) is 5. The summed E-state index contributed by atoms with van der Waals surface area (Å²) in [5.74, 6) is 0.928. The molecule has 1 aliphatic rings. The van der Waals surface area contributed by atoms with E-state index in [1.165, 1.54) is 18.4 Å². The number of nitrogen functional groups attached to an aromatic ring is 1. The lowest BCUT2D eigenvalue weighted by Gasteiger charge is -2.36. The minimum Gasteiger partial charge on any atom is -0.397 e. The minimum absolute atomic E-state index is 0.274. The van der Waals surface area contributed by atoms with Crippen LogP contribution in [0.5, 0.6) is 0 Å². The summed E-state index contributed by atoms with van der Waals surface area (Å²) in [5.41, 5.74) is 6.64. The average Bonchev–Trinajstić information content (AvgIpc) is 2.28. The number of anilines is 2. The van der Waals surface area contributed by atoms with Crippen molar-refractivity contribution in [1.82, 2.24) is 0 Å². The second kappa shape index (κ2) is 4.97. The summed E-state index contributed by atoms with van der Waals surface area (Å²) in [6.45, 7) is 0.595. The van der Waals surface area contributed by atoms with E-state index < -0.39 is 21.0 Å². The van der Waals surface area contributed by atoms with Crippen LogP contribution in [0.2, 0.25) is 0 Å². The quantitative estimate of drug-likeness (QED) is 0.833. The monoisotopic (exact) mass is 290 g/mol. The first-order chi connectivity index (χ1) is 8.39. The average molecular weight is 290 g/mol. The molecule has 1 aliphatic heterocycles. The molecule has 18 heavy (non-hydrogen) atoms. The highest BCUT2D eigenvalue weighted by Gasteiger charge is 2.31. The molecule has 1 fully saturated rings. The Morgan fingerprint density at radius 3 is 2.83 bits per heavy atom. The van der Waals surface area contributed by atoms with Crippen molar-refractivity contribution in [2.24, 2.45) is 0 Å². The number of benzene rings is 1. The first-order valence-corrected chi connectivity index (χ1v) is 8.59. The van der Waals surface area contributed by atoms with Gasteiger partial charge in [-0.05, 0) is 18.2 Å². The van der Waals surface area contributed by atoms with Crippen LogP contribution in [0, 0.1) is 5.82 Å². The topological polar surface area (TPSA) is 63.4 Å². The Morgan fingerprint density at radius 1 is 1.50 bits per heavy atom. The molecule has 0 saturated carbocycles. The van der Waals surface area contributed by atoms with E-state index in [2.05, 4.69) is 0 Å². The maximum atomic E-state index is 13.0. The van der Waals surface area contributed by atoms with Gasteiger partial charge in [0.1, 0.15) is 11.2 Å². The van der Waals surface area contributed by atoms with E-state index in [1.54, 1.807) is 22.7 Å². The zero-order valence-electron chi connectivity index (χ0n) is 9.97. The Kier molecular flexibility index (Phi) is 3.72. The first-order valence-electron chi connectivity index (χ1n) is 5.48.